The van der Waals surface area contributed by atoms with Crippen LogP contribution in [0.3, 0.4) is 0 Å². The molecule has 0 heterocycles. The molecule has 0 radical (unpaired) electrons. The molecule has 2 heteroatoms. The fraction of sp³-hybridized carbons (Fsp3) is 0.714. The summed E-state index contributed by atoms with van der Waals surface area (Å²) in [5.74, 6) is 2.60. The standard InChI is InChI=1S/C7H13N.ClH/c1-4-5-6-7-8(2)3;/h1H,5-7H2,2-3H3;1H. The molecule has 9 heavy (non-hydrogen) atoms. The Kier molecular flexibility index (Phi) is 10.1. The lowest BCUT2D eigenvalue weighted by atomic mass is 10.3. The fourth-order valence-electron chi connectivity index (χ4n) is 0.497. The largest absolute Gasteiger partial charge is 0.309 e. The second kappa shape index (κ2) is 7.81. The highest BCUT2D eigenvalue weighted by molar-refractivity contribution is 5.85. The first-order valence-corrected chi connectivity index (χ1v) is 2.85. The van der Waals surface area contributed by atoms with E-state index in [1.807, 2.05) is 0 Å². The maximum absolute atomic E-state index is 5.05. The van der Waals surface area contributed by atoms with Crippen LogP contribution in [0, 0.1) is 12.3 Å². The maximum atomic E-state index is 5.05. The molecule has 0 aliphatic carbocycles. The minimum atomic E-state index is 0. The predicted octanol–water partition coefficient (Wildman–Crippen LogP) is 1.38. The van der Waals surface area contributed by atoms with Crippen LogP contribution in [-0.2, 0) is 0 Å². The van der Waals surface area contributed by atoms with E-state index >= 15 is 0 Å². The van der Waals surface area contributed by atoms with E-state index in [1.165, 1.54) is 0 Å². The molecule has 0 unspecified atom stereocenters. The van der Waals surface area contributed by atoms with Gasteiger partial charge >= 0.3 is 0 Å². The molecule has 0 amide bonds. The number of nitrogens with zero attached hydrogens (tertiary/aromatic N) is 1. The van der Waals surface area contributed by atoms with Gasteiger partial charge in [-0.2, -0.15) is 0 Å². The van der Waals surface area contributed by atoms with Crippen molar-refractivity contribution in [1.82, 2.24) is 4.90 Å². The summed E-state index contributed by atoms with van der Waals surface area (Å²) in [6.45, 7) is 1.10. The van der Waals surface area contributed by atoms with E-state index in [0.717, 1.165) is 19.4 Å². The average molecular weight is 148 g/mol. The Morgan fingerprint density at radius 1 is 1.44 bits per heavy atom. The van der Waals surface area contributed by atoms with Gasteiger partial charge in [-0.25, -0.2) is 0 Å². The van der Waals surface area contributed by atoms with Crippen LogP contribution in [0.4, 0.5) is 0 Å². The fourth-order valence-corrected chi connectivity index (χ4v) is 0.497. The summed E-state index contributed by atoms with van der Waals surface area (Å²) in [5, 5.41) is 0. The molecule has 0 saturated carbocycles. The third kappa shape index (κ3) is 11.4. The van der Waals surface area contributed by atoms with Gasteiger partial charge in [0, 0.05) is 6.42 Å². The van der Waals surface area contributed by atoms with Gasteiger partial charge in [-0.3, -0.25) is 0 Å². The number of unbranched alkanes of at least 4 members (excludes halogenated alkanes) is 1. The molecule has 1 nitrogen and oxygen atoms in total. The van der Waals surface area contributed by atoms with Gasteiger partial charge in [0.25, 0.3) is 0 Å². The predicted molar refractivity (Wildman–Crippen MR) is 43.9 cm³/mol. The normalized spacial score (nSPS) is 8.22. The molecule has 0 aromatic heterocycles. The summed E-state index contributed by atoms with van der Waals surface area (Å²) in [6.07, 6.45) is 7.06. The minimum Gasteiger partial charge on any atom is -0.309 e. The van der Waals surface area contributed by atoms with Gasteiger partial charge in [-0.15, -0.1) is 24.8 Å². The number of halogens is 1. The first-order valence-electron chi connectivity index (χ1n) is 2.85. The van der Waals surface area contributed by atoms with Crippen molar-refractivity contribution in [2.45, 2.75) is 12.8 Å². The topological polar surface area (TPSA) is 3.24 Å². The summed E-state index contributed by atoms with van der Waals surface area (Å²) in [4.78, 5) is 2.14. The van der Waals surface area contributed by atoms with E-state index in [4.69, 9.17) is 6.42 Å². The molecule has 0 spiro atoms. The molecule has 0 N–H and O–H groups in total. The molecule has 0 fully saturated rings. The molecule has 54 valence electrons. The zero-order chi connectivity index (χ0) is 6.41. The van der Waals surface area contributed by atoms with Gasteiger partial charge in [-0.05, 0) is 27.1 Å². The van der Waals surface area contributed by atoms with E-state index in [-0.39, 0.29) is 12.4 Å². The zero-order valence-electron chi connectivity index (χ0n) is 6.05. The van der Waals surface area contributed by atoms with Crippen molar-refractivity contribution in [3.8, 4) is 12.3 Å². The second-order valence-electron chi connectivity index (χ2n) is 2.11. The molecular weight excluding hydrogens is 134 g/mol. The van der Waals surface area contributed by atoms with E-state index in [9.17, 15) is 0 Å². The lowest BCUT2D eigenvalue weighted by Crippen LogP contribution is -2.12. The van der Waals surface area contributed by atoms with Crippen LogP contribution in [0.5, 0.6) is 0 Å². The Morgan fingerprint density at radius 3 is 2.33 bits per heavy atom. The van der Waals surface area contributed by atoms with Gasteiger partial charge in [-0.1, -0.05) is 0 Å². The number of hydrogen-bond donors (Lipinski definition) is 0. The molecule has 0 aliphatic rings. The Hall–Kier alpha value is -0.190. The van der Waals surface area contributed by atoms with Crippen LogP contribution in [-0.4, -0.2) is 25.5 Å². The third-order valence-electron chi connectivity index (χ3n) is 0.926. The summed E-state index contributed by atoms with van der Waals surface area (Å²) >= 11 is 0. The Balaban J connectivity index is 0. The number of rotatable bonds is 3. The molecule has 0 rings (SSSR count). The summed E-state index contributed by atoms with van der Waals surface area (Å²) < 4.78 is 0. The van der Waals surface area contributed by atoms with Gasteiger partial charge in [0.05, 0.1) is 0 Å². The van der Waals surface area contributed by atoms with Crippen molar-refractivity contribution in [1.29, 1.82) is 0 Å². The van der Waals surface area contributed by atoms with Crippen LogP contribution in [0.15, 0.2) is 0 Å². The van der Waals surface area contributed by atoms with Gasteiger partial charge in [0.1, 0.15) is 0 Å². The maximum Gasteiger partial charge on any atom is 0.00982 e. The van der Waals surface area contributed by atoms with Crippen molar-refractivity contribution in [2.24, 2.45) is 0 Å². The molecule has 0 bridgehead atoms. The van der Waals surface area contributed by atoms with Gasteiger partial charge in [0.2, 0.25) is 0 Å². The van der Waals surface area contributed by atoms with Crippen molar-refractivity contribution < 1.29 is 0 Å². The van der Waals surface area contributed by atoms with Gasteiger partial charge in [0.15, 0.2) is 0 Å². The lowest BCUT2D eigenvalue weighted by Gasteiger charge is -2.05. The van der Waals surface area contributed by atoms with E-state index in [2.05, 4.69) is 24.9 Å². The smallest absolute Gasteiger partial charge is 0.00982 e. The van der Waals surface area contributed by atoms with E-state index < -0.39 is 0 Å². The van der Waals surface area contributed by atoms with Crippen molar-refractivity contribution in [2.75, 3.05) is 20.6 Å². The highest BCUT2D eigenvalue weighted by atomic mass is 35.5. The van der Waals surface area contributed by atoms with Crippen LogP contribution in [0.2, 0.25) is 0 Å². The Bertz CT molecular complexity index is 83.4. The zero-order valence-corrected chi connectivity index (χ0v) is 6.87. The molecular formula is C7H14ClN. The van der Waals surface area contributed by atoms with Crippen molar-refractivity contribution >= 4 is 12.4 Å². The van der Waals surface area contributed by atoms with Crippen molar-refractivity contribution in [3.05, 3.63) is 0 Å². The second-order valence-corrected chi connectivity index (χ2v) is 2.11. The monoisotopic (exact) mass is 147 g/mol. The first-order chi connectivity index (χ1) is 3.77. The van der Waals surface area contributed by atoms with Crippen LogP contribution in [0.25, 0.3) is 0 Å². The quantitative estimate of drug-likeness (QED) is 0.431. The van der Waals surface area contributed by atoms with E-state index in [1.54, 1.807) is 0 Å². The third-order valence-corrected chi connectivity index (χ3v) is 0.926. The molecule has 0 saturated heterocycles. The van der Waals surface area contributed by atoms with Crippen LogP contribution < -0.4 is 0 Å². The molecule has 0 aromatic rings. The van der Waals surface area contributed by atoms with E-state index in [0.29, 0.717) is 0 Å². The Labute approximate surface area is 63.8 Å². The molecule has 0 aromatic carbocycles. The Morgan fingerprint density at radius 2 is 2.00 bits per heavy atom. The summed E-state index contributed by atoms with van der Waals surface area (Å²) in [5.41, 5.74) is 0. The molecule has 0 aliphatic heterocycles. The van der Waals surface area contributed by atoms with Crippen molar-refractivity contribution in [3.63, 3.8) is 0 Å². The minimum absolute atomic E-state index is 0. The summed E-state index contributed by atoms with van der Waals surface area (Å²) in [7, 11) is 4.10. The van der Waals surface area contributed by atoms with Crippen LogP contribution in [0.1, 0.15) is 12.8 Å². The lowest BCUT2D eigenvalue weighted by molar-refractivity contribution is 0.403. The van der Waals surface area contributed by atoms with Gasteiger partial charge < -0.3 is 4.90 Å². The highest BCUT2D eigenvalue weighted by Gasteiger charge is 1.85. The molecule has 0 atom stereocenters. The number of terminal acetylenes is 1. The number of hydrogen-bond acceptors (Lipinski definition) is 1. The first kappa shape index (κ1) is 11.6. The summed E-state index contributed by atoms with van der Waals surface area (Å²) in [6, 6.07) is 0. The SMILES string of the molecule is C#CCCCN(C)C.Cl. The highest BCUT2D eigenvalue weighted by Crippen LogP contribution is 1.86. The van der Waals surface area contributed by atoms with Crippen LogP contribution >= 0.6 is 12.4 Å². The average Bonchev–Trinajstić information content (AvgIpc) is 1.66.